The summed E-state index contributed by atoms with van der Waals surface area (Å²) in [6.07, 6.45) is 1.79. The van der Waals surface area contributed by atoms with Crippen molar-refractivity contribution in [3.8, 4) is 0 Å². The van der Waals surface area contributed by atoms with Crippen molar-refractivity contribution in [2.75, 3.05) is 0 Å². The van der Waals surface area contributed by atoms with E-state index in [1.165, 1.54) is 0 Å². The summed E-state index contributed by atoms with van der Waals surface area (Å²) in [6.45, 7) is 0. The molecule has 3 rings (SSSR count). The van der Waals surface area contributed by atoms with E-state index in [2.05, 4.69) is 31.8 Å². The molecular formula is C17H15ClN2Ru. The molecule has 0 saturated carbocycles. The van der Waals surface area contributed by atoms with Crippen LogP contribution in [0, 0.1) is 7.43 Å². The van der Waals surface area contributed by atoms with Gasteiger partial charge in [0, 0.05) is 5.39 Å². The summed E-state index contributed by atoms with van der Waals surface area (Å²) in [5.41, 5.74) is 2.81. The molecule has 2 nitrogen and oxygen atoms in total. The summed E-state index contributed by atoms with van der Waals surface area (Å²) < 4.78 is 0. The van der Waals surface area contributed by atoms with Crippen LogP contribution < -0.4 is 0 Å². The van der Waals surface area contributed by atoms with E-state index >= 15 is 0 Å². The fourth-order valence-electron chi connectivity index (χ4n) is 1.81. The normalized spacial score (nSPS) is 9.81. The Labute approximate surface area is 139 Å². The summed E-state index contributed by atoms with van der Waals surface area (Å²) in [5.74, 6) is 0. The summed E-state index contributed by atoms with van der Waals surface area (Å²) in [6, 6.07) is 22.0. The van der Waals surface area contributed by atoms with E-state index in [0.717, 1.165) is 22.3 Å². The zero-order valence-electron chi connectivity index (χ0n) is 11.6. The van der Waals surface area contributed by atoms with Crippen LogP contribution in [0.1, 0.15) is 5.69 Å². The summed E-state index contributed by atoms with van der Waals surface area (Å²) in [4.78, 5) is 8.94. The van der Waals surface area contributed by atoms with Crippen LogP contribution >= 0.6 is 9.69 Å². The number of para-hydroxylation sites is 2. The van der Waals surface area contributed by atoms with Crippen molar-refractivity contribution in [2.45, 2.75) is 0 Å². The molecule has 0 aliphatic heterocycles. The zero-order valence-corrected chi connectivity index (χ0v) is 14.0. The van der Waals surface area contributed by atoms with Crippen molar-refractivity contribution in [2.24, 2.45) is 4.99 Å². The molecule has 0 radical (unpaired) electrons. The molecule has 0 spiro atoms. The number of rotatable bonds is 2. The SMILES string of the molecule is C(=Nc1ccccc1)c1ccc2ccccc2n1.[CH3-].[Cl][Ru+]. The molecule has 0 fully saturated rings. The first-order valence-electron chi connectivity index (χ1n) is 6.00. The second-order valence-corrected chi connectivity index (χ2v) is 4.02. The van der Waals surface area contributed by atoms with Gasteiger partial charge < -0.3 is 7.43 Å². The third kappa shape index (κ3) is 5.04. The first-order valence-corrected chi connectivity index (χ1v) is 8.24. The minimum atomic E-state index is 0. The van der Waals surface area contributed by atoms with E-state index in [1.54, 1.807) is 6.21 Å². The van der Waals surface area contributed by atoms with Gasteiger partial charge in [-0.3, -0.25) is 4.99 Å². The van der Waals surface area contributed by atoms with Crippen LogP contribution in [0.2, 0.25) is 0 Å². The van der Waals surface area contributed by atoms with Crippen LogP contribution in [0.15, 0.2) is 71.7 Å². The molecule has 0 atom stereocenters. The number of aliphatic imine (C=N–C) groups is 1. The Kier molecular flexibility index (Phi) is 7.81. The Balaban J connectivity index is 0.000000706. The van der Waals surface area contributed by atoms with Gasteiger partial charge in [0.25, 0.3) is 0 Å². The van der Waals surface area contributed by atoms with Crippen molar-refractivity contribution < 1.29 is 17.3 Å². The van der Waals surface area contributed by atoms with Crippen molar-refractivity contribution in [1.82, 2.24) is 4.98 Å². The first-order chi connectivity index (χ1) is 9.92. The molecule has 0 N–H and O–H groups in total. The van der Waals surface area contributed by atoms with Gasteiger partial charge in [-0.25, -0.2) is 4.98 Å². The number of benzene rings is 2. The van der Waals surface area contributed by atoms with Crippen LogP contribution in [0.4, 0.5) is 5.69 Å². The first kappa shape index (κ1) is 17.5. The Hall–Kier alpha value is -1.57. The number of hydrogen-bond acceptors (Lipinski definition) is 2. The van der Waals surface area contributed by atoms with Gasteiger partial charge in [0.1, 0.15) is 0 Å². The number of hydrogen-bond donors (Lipinski definition) is 0. The van der Waals surface area contributed by atoms with Gasteiger partial charge in [-0.2, -0.15) is 0 Å². The van der Waals surface area contributed by atoms with E-state index in [1.807, 2.05) is 71.9 Å². The fraction of sp³-hybridized carbons (Fsp3) is 0. The molecule has 0 bridgehead atoms. The summed E-state index contributed by atoms with van der Waals surface area (Å²) in [5, 5.41) is 1.15. The number of nitrogens with zero attached hydrogens (tertiary/aromatic N) is 2. The molecule has 0 saturated heterocycles. The number of pyridine rings is 1. The molecule has 0 aliphatic carbocycles. The van der Waals surface area contributed by atoms with Crippen LogP contribution in [0.3, 0.4) is 0 Å². The molecular weight excluding hydrogens is 369 g/mol. The predicted octanol–water partition coefficient (Wildman–Crippen LogP) is 5.12. The predicted molar refractivity (Wildman–Crippen MR) is 87.7 cm³/mol. The van der Waals surface area contributed by atoms with E-state index in [0.29, 0.717) is 0 Å². The molecule has 0 unspecified atom stereocenters. The van der Waals surface area contributed by atoms with Crippen LogP contribution in [0.5, 0.6) is 0 Å². The van der Waals surface area contributed by atoms with Crippen molar-refractivity contribution in [3.05, 3.63) is 79.9 Å². The maximum absolute atomic E-state index is 4.57. The quantitative estimate of drug-likeness (QED) is 0.342. The van der Waals surface area contributed by atoms with Gasteiger partial charge in [-0.05, 0) is 24.3 Å². The minimum absolute atomic E-state index is 0. The topological polar surface area (TPSA) is 25.2 Å². The van der Waals surface area contributed by atoms with Crippen molar-refractivity contribution in [1.29, 1.82) is 0 Å². The third-order valence-corrected chi connectivity index (χ3v) is 2.72. The zero-order chi connectivity index (χ0) is 14.2. The van der Waals surface area contributed by atoms with Crippen LogP contribution in [-0.4, -0.2) is 11.2 Å². The number of halogens is 1. The molecule has 1 aromatic heterocycles. The monoisotopic (exact) mass is 384 g/mol. The van der Waals surface area contributed by atoms with Gasteiger partial charge in [-0.1, -0.05) is 42.5 Å². The summed E-state index contributed by atoms with van der Waals surface area (Å²) >= 11 is 1.82. The Morgan fingerprint density at radius 3 is 2.29 bits per heavy atom. The Morgan fingerprint density at radius 2 is 1.52 bits per heavy atom. The van der Waals surface area contributed by atoms with Crippen molar-refractivity contribution in [3.63, 3.8) is 0 Å². The van der Waals surface area contributed by atoms with Gasteiger partial charge in [0.2, 0.25) is 0 Å². The molecule has 21 heavy (non-hydrogen) atoms. The van der Waals surface area contributed by atoms with Gasteiger partial charge in [0.05, 0.1) is 23.1 Å². The summed E-state index contributed by atoms with van der Waals surface area (Å²) in [7, 11) is 4.57. The third-order valence-electron chi connectivity index (χ3n) is 2.72. The maximum atomic E-state index is 4.57. The van der Waals surface area contributed by atoms with E-state index < -0.39 is 0 Å². The van der Waals surface area contributed by atoms with Crippen LogP contribution in [0.25, 0.3) is 10.9 Å². The molecule has 108 valence electrons. The average Bonchev–Trinajstić information content (AvgIpc) is 2.55. The van der Waals surface area contributed by atoms with Gasteiger partial charge in [0.15, 0.2) is 0 Å². The van der Waals surface area contributed by atoms with Crippen molar-refractivity contribution >= 4 is 32.5 Å². The van der Waals surface area contributed by atoms with E-state index in [-0.39, 0.29) is 7.43 Å². The van der Waals surface area contributed by atoms with Gasteiger partial charge in [-0.15, -0.1) is 0 Å². The fourth-order valence-corrected chi connectivity index (χ4v) is 1.81. The molecule has 0 aliphatic rings. The number of fused-ring (bicyclic) bond motifs is 1. The second-order valence-electron chi connectivity index (χ2n) is 4.02. The Morgan fingerprint density at radius 1 is 0.857 bits per heavy atom. The van der Waals surface area contributed by atoms with Gasteiger partial charge >= 0.3 is 27.0 Å². The molecule has 0 amide bonds. The molecule has 3 aromatic rings. The van der Waals surface area contributed by atoms with Crippen LogP contribution in [-0.2, 0) is 17.3 Å². The van der Waals surface area contributed by atoms with E-state index in [4.69, 9.17) is 0 Å². The Bertz CT molecular complexity index is 699. The average molecular weight is 384 g/mol. The second kappa shape index (κ2) is 9.38. The molecule has 2 aromatic carbocycles. The number of aromatic nitrogens is 1. The van der Waals surface area contributed by atoms with E-state index in [9.17, 15) is 0 Å². The standard InChI is InChI=1S/C16H12N2.CH3.ClH.Ru/c1-2-7-14(8-3-1)17-12-15-11-10-13-6-4-5-9-16(13)18-15;;;/h1-12H;1H3;1H;/q;-1;;+2/p-1. The molecule has 4 heteroatoms. The molecule has 1 heterocycles.